The molecule has 0 bridgehead atoms. The Balaban J connectivity index is 3.06. The summed E-state index contributed by atoms with van der Waals surface area (Å²) >= 11 is 3.27. The van der Waals surface area contributed by atoms with E-state index in [0.29, 0.717) is 5.69 Å². The molecule has 11 heavy (non-hydrogen) atoms. The predicted octanol–water partition coefficient (Wildman–Crippen LogP) is 0.423. The van der Waals surface area contributed by atoms with E-state index in [1.807, 2.05) is 0 Å². The summed E-state index contributed by atoms with van der Waals surface area (Å²) in [4.78, 5) is 3.94. The number of pyridine rings is 1. The molecule has 4 nitrogen and oxygen atoms in total. The SMILES string of the molecule is NN=C(N)c1cc(Br)ccn1. The predicted molar refractivity (Wildman–Crippen MR) is 46.8 cm³/mol. The van der Waals surface area contributed by atoms with Crippen molar-refractivity contribution in [3.05, 3.63) is 28.5 Å². The first kappa shape index (κ1) is 8.00. The zero-order chi connectivity index (χ0) is 8.27. The number of aromatic nitrogens is 1. The standard InChI is InChI=1S/C6H7BrN4/c7-4-1-2-10-5(3-4)6(8)11-9/h1-3H,9H2,(H2,8,11). The molecule has 0 atom stereocenters. The van der Waals surface area contributed by atoms with E-state index in [2.05, 4.69) is 26.0 Å². The summed E-state index contributed by atoms with van der Waals surface area (Å²) < 4.78 is 0.897. The molecule has 0 saturated carbocycles. The van der Waals surface area contributed by atoms with Crippen LogP contribution in [0.15, 0.2) is 27.9 Å². The highest BCUT2D eigenvalue weighted by Crippen LogP contribution is 2.08. The number of rotatable bonds is 1. The summed E-state index contributed by atoms with van der Waals surface area (Å²) in [6.45, 7) is 0. The molecule has 0 spiro atoms. The van der Waals surface area contributed by atoms with Crippen LogP contribution in [-0.2, 0) is 0 Å². The molecule has 0 fully saturated rings. The Morgan fingerprint density at radius 2 is 2.36 bits per heavy atom. The van der Waals surface area contributed by atoms with Gasteiger partial charge in [-0.3, -0.25) is 4.98 Å². The topological polar surface area (TPSA) is 77.3 Å². The molecule has 0 aliphatic rings. The van der Waals surface area contributed by atoms with E-state index >= 15 is 0 Å². The summed E-state index contributed by atoms with van der Waals surface area (Å²) in [6.07, 6.45) is 1.62. The molecule has 1 heterocycles. The molecule has 0 saturated heterocycles. The van der Waals surface area contributed by atoms with Crippen LogP contribution >= 0.6 is 15.9 Å². The minimum atomic E-state index is 0.228. The first-order valence-corrected chi connectivity index (χ1v) is 3.68. The quantitative estimate of drug-likeness (QED) is 0.308. The number of nitrogens with two attached hydrogens (primary N) is 2. The van der Waals surface area contributed by atoms with Crippen molar-refractivity contribution in [3.8, 4) is 0 Å². The number of hydrazone groups is 1. The van der Waals surface area contributed by atoms with Crippen molar-refractivity contribution in [1.82, 2.24) is 4.98 Å². The monoisotopic (exact) mass is 214 g/mol. The van der Waals surface area contributed by atoms with Gasteiger partial charge in [-0.05, 0) is 12.1 Å². The van der Waals surface area contributed by atoms with E-state index in [0.717, 1.165) is 4.47 Å². The van der Waals surface area contributed by atoms with E-state index in [1.54, 1.807) is 18.3 Å². The van der Waals surface area contributed by atoms with Crippen LogP contribution in [0.2, 0.25) is 0 Å². The summed E-state index contributed by atoms with van der Waals surface area (Å²) in [5.74, 6) is 5.19. The van der Waals surface area contributed by atoms with E-state index in [4.69, 9.17) is 11.6 Å². The fourth-order valence-corrected chi connectivity index (χ4v) is 0.946. The van der Waals surface area contributed by atoms with Crippen LogP contribution in [0.25, 0.3) is 0 Å². The van der Waals surface area contributed by atoms with Gasteiger partial charge in [-0.1, -0.05) is 15.9 Å². The van der Waals surface area contributed by atoms with E-state index < -0.39 is 0 Å². The maximum Gasteiger partial charge on any atom is 0.168 e. The second-order valence-electron chi connectivity index (χ2n) is 1.87. The van der Waals surface area contributed by atoms with Crippen LogP contribution in [-0.4, -0.2) is 10.8 Å². The zero-order valence-electron chi connectivity index (χ0n) is 5.66. The average Bonchev–Trinajstić information content (AvgIpc) is 2.03. The third-order valence-electron chi connectivity index (χ3n) is 1.12. The second kappa shape index (κ2) is 3.34. The van der Waals surface area contributed by atoms with Crippen LogP contribution in [0.5, 0.6) is 0 Å². The van der Waals surface area contributed by atoms with Crippen molar-refractivity contribution in [3.63, 3.8) is 0 Å². The lowest BCUT2D eigenvalue weighted by Gasteiger charge is -1.96. The molecule has 1 aromatic heterocycles. The lowest BCUT2D eigenvalue weighted by atomic mass is 10.3. The van der Waals surface area contributed by atoms with Gasteiger partial charge in [0.2, 0.25) is 0 Å². The van der Waals surface area contributed by atoms with Crippen molar-refractivity contribution < 1.29 is 0 Å². The maximum atomic E-state index is 5.40. The Bertz CT molecular complexity index is 284. The van der Waals surface area contributed by atoms with Gasteiger partial charge < -0.3 is 11.6 Å². The van der Waals surface area contributed by atoms with Gasteiger partial charge >= 0.3 is 0 Å². The first-order chi connectivity index (χ1) is 5.24. The van der Waals surface area contributed by atoms with Crippen molar-refractivity contribution in [2.75, 3.05) is 0 Å². The average molecular weight is 215 g/mol. The Labute approximate surface area is 72.4 Å². The molecular formula is C6H7BrN4. The molecule has 0 radical (unpaired) electrons. The molecule has 0 amide bonds. The minimum absolute atomic E-state index is 0.228. The molecule has 0 unspecified atom stereocenters. The smallest absolute Gasteiger partial charge is 0.168 e. The molecular weight excluding hydrogens is 208 g/mol. The van der Waals surface area contributed by atoms with Gasteiger partial charge in [0, 0.05) is 10.7 Å². The van der Waals surface area contributed by atoms with E-state index in [1.165, 1.54) is 0 Å². The van der Waals surface area contributed by atoms with E-state index in [-0.39, 0.29) is 5.84 Å². The van der Waals surface area contributed by atoms with Gasteiger partial charge in [0.05, 0.1) is 0 Å². The van der Waals surface area contributed by atoms with Crippen molar-refractivity contribution in [2.45, 2.75) is 0 Å². The van der Waals surface area contributed by atoms with Crippen LogP contribution < -0.4 is 11.6 Å². The van der Waals surface area contributed by atoms with Gasteiger partial charge in [0.1, 0.15) is 5.69 Å². The zero-order valence-corrected chi connectivity index (χ0v) is 7.25. The first-order valence-electron chi connectivity index (χ1n) is 2.89. The number of halogens is 1. The van der Waals surface area contributed by atoms with Gasteiger partial charge in [-0.2, -0.15) is 5.10 Å². The lowest BCUT2D eigenvalue weighted by Crippen LogP contribution is -2.16. The third-order valence-corrected chi connectivity index (χ3v) is 1.62. The molecule has 1 aromatic rings. The van der Waals surface area contributed by atoms with Gasteiger partial charge in [0.15, 0.2) is 5.84 Å². The highest BCUT2D eigenvalue weighted by Gasteiger charge is 1.98. The normalized spacial score (nSPS) is 11.5. The summed E-state index contributed by atoms with van der Waals surface area (Å²) in [7, 11) is 0. The number of hydrogen-bond acceptors (Lipinski definition) is 3. The molecule has 0 aliphatic carbocycles. The maximum absolute atomic E-state index is 5.40. The third kappa shape index (κ3) is 1.91. The summed E-state index contributed by atoms with van der Waals surface area (Å²) in [6, 6.07) is 3.54. The van der Waals surface area contributed by atoms with Crippen LogP contribution in [0.3, 0.4) is 0 Å². The molecule has 0 aliphatic heterocycles. The van der Waals surface area contributed by atoms with Crippen molar-refractivity contribution >= 4 is 21.8 Å². The summed E-state index contributed by atoms with van der Waals surface area (Å²) in [5, 5.41) is 3.31. The molecule has 5 heteroatoms. The number of amidine groups is 1. The summed E-state index contributed by atoms with van der Waals surface area (Å²) in [5.41, 5.74) is 5.98. The Morgan fingerprint density at radius 1 is 1.64 bits per heavy atom. The molecule has 0 aromatic carbocycles. The number of hydrogen-bond donors (Lipinski definition) is 2. The van der Waals surface area contributed by atoms with Gasteiger partial charge in [-0.15, -0.1) is 0 Å². The van der Waals surface area contributed by atoms with E-state index in [9.17, 15) is 0 Å². The molecule has 1 rings (SSSR count). The highest BCUT2D eigenvalue weighted by molar-refractivity contribution is 9.10. The highest BCUT2D eigenvalue weighted by atomic mass is 79.9. The molecule has 4 N–H and O–H groups in total. The van der Waals surface area contributed by atoms with Crippen LogP contribution in [0.1, 0.15) is 5.69 Å². The van der Waals surface area contributed by atoms with Gasteiger partial charge in [0.25, 0.3) is 0 Å². The fraction of sp³-hybridized carbons (Fsp3) is 0. The second-order valence-corrected chi connectivity index (χ2v) is 2.79. The van der Waals surface area contributed by atoms with Crippen molar-refractivity contribution in [2.24, 2.45) is 16.7 Å². The Morgan fingerprint density at radius 3 is 2.91 bits per heavy atom. The van der Waals surface area contributed by atoms with Gasteiger partial charge in [-0.25, -0.2) is 0 Å². The fourth-order valence-electron chi connectivity index (χ4n) is 0.611. The Hall–Kier alpha value is -1.10. The minimum Gasteiger partial charge on any atom is -0.380 e. The van der Waals surface area contributed by atoms with Crippen LogP contribution in [0.4, 0.5) is 0 Å². The lowest BCUT2D eigenvalue weighted by molar-refractivity contribution is 1.19. The van der Waals surface area contributed by atoms with Crippen molar-refractivity contribution in [1.29, 1.82) is 0 Å². The largest absolute Gasteiger partial charge is 0.380 e. The Kier molecular flexibility index (Phi) is 2.43. The number of nitrogens with zero attached hydrogens (tertiary/aromatic N) is 2. The van der Waals surface area contributed by atoms with Crippen LogP contribution in [0, 0.1) is 0 Å². The molecule has 58 valence electrons.